The van der Waals surface area contributed by atoms with Gasteiger partial charge in [0.25, 0.3) is 0 Å². The number of hydrogen-bond donors (Lipinski definition) is 2. The fraction of sp³-hybridized carbons (Fsp3) is 0.381. The molecule has 0 radical (unpaired) electrons. The molecule has 1 atom stereocenters. The molecule has 0 aromatic heterocycles. The minimum absolute atomic E-state index is 0.154. The van der Waals surface area contributed by atoms with Crippen molar-refractivity contribution in [3.8, 4) is 0 Å². The summed E-state index contributed by atoms with van der Waals surface area (Å²) in [7, 11) is 0. The van der Waals surface area contributed by atoms with Gasteiger partial charge >= 0.3 is 5.97 Å². The third-order valence-corrected chi connectivity index (χ3v) is 5.09. The number of carboxylic acids is 1. The number of halogens is 2. The minimum atomic E-state index is -0.732. The number of carboxylic acid groups (broad SMARTS) is 1. The van der Waals surface area contributed by atoms with Crippen molar-refractivity contribution >= 4 is 5.97 Å². The van der Waals surface area contributed by atoms with Crippen LogP contribution in [0.4, 0.5) is 8.78 Å². The normalized spacial score (nSPS) is 21.3. The lowest BCUT2D eigenvalue weighted by Gasteiger charge is -2.31. The Morgan fingerprint density at radius 2 is 1.69 bits per heavy atom. The number of hydrogen-bond acceptors (Lipinski definition) is 2. The molecule has 1 unspecified atom stereocenters. The van der Waals surface area contributed by atoms with E-state index in [0.717, 1.165) is 24.0 Å². The van der Waals surface area contributed by atoms with E-state index in [-0.39, 0.29) is 29.6 Å². The van der Waals surface area contributed by atoms with Gasteiger partial charge in [0, 0.05) is 12.1 Å². The van der Waals surface area contributed by atoms with E-state index >= 15 is 0 Å². The molecule has 26 heavy (non-hydrogen) atoms. The molecule has 1 saturated carbocycles. The van der Waals surface area contributed by atoms with Gasteiger partial charge in [-0.3, -0.25) is 4.79 Å². The molecular weight excluding hydrogens is 336 g/mol. The monoisotopic (exact) mass is 359 g/mol. The number of carbonyl (C=O) groups is 1. The Balaban J connectivity index is 1.74. The zero-order chi connectivity index (χ0) is 18.5. The van der Waals surface area contributed by atoms with Crippen molar-refractivity contribution in [1.29, 1.82) is 0 Å². The molecule has 2 aromatic rings. The largest absolute Gasteiger partial charge is 0.481 e. The summed E-state index contributed by atoms with van der Waals surface area (Å²) in [4.78, 5) is 11.1. The van der Waals surface area contributed by atoms with Crippen molar-refractivity contribution < 1.29 is 18.7 Å². The lowest BCUT2D eigenvalue weighted by molar-refractivity contribution is -0.142. The summed E-state index contributed by atoms with van der Waals surface area (Å²) in [6.07, 6.45) is 3.36. The lowest BCUT2D eigenvalue weighted by atomic mass is 9.85. The molecule has 3 rings (SSSR count). The summed E-state index contributed by atoms with van der Waals surface area (Å²) in [5.41, 5.74) is 1.65. The summed E-state index contributed by atoms with van der Waals surface area (Å²) < 4.78 is 27.2. The Morgan fingerprint density at radius 3 is 2.31 bits per heavy atom. The Labute approximate surface area is 152 Å². The third-order valence-electron chi connectivity index (χ3n) is 5.09. The number of benzene rings is 2. The summed E-state index contributed by atoms with van der Waals surface area (Å²) in [5, 5.41) is 12.7. The molecule has 2 N–H and O–H groups in total. The van der Waals surface area contributed by atoms with E-state index in [2.05, 4.69) is 5.32 Å². The van der Waals surface area contributed by atoms with Crippen molar-refractivity contribution in [1.82, 2.24) is 5.32 Å². The Bertz CT molecular complexity index is 757. The van der Waals surface area contributed by atoms with E-state index in [9.17, 15) is 13.6 Å². The molecule has 0 saturated heterocycles. The Hall–Kier alpha value is -2.27. The fourth-order valence-corrected chi connectivity index (χ4v) is 3.69. The molecule has 5 heteroatoms. The molecule has 0 heterocycles. The van der Waals surface area contributed by atoms with Crippen molar-refractivity contribution in [2.24, 2.45) is 5.92 Å². The van der Waals surface area contributed by atoms with Crippen LogP contribution in [-0.4, -0.2) is 17.1 Å². The van der Waals surface area contributed by atoms with Crippen LogP contribution in [0.25, 0.3) is 0 Å². The van der Waals surface area contributed by atoms with Gasteiger partial charge in [-0.2, -0.15) is 0 Å². The van der Waals surface area contributed by atoms with Gasteiger partial charge in [0.15, 0.2) is 0 Å². The van der Waals surface area contributed by atoms with Gasteiger partial charge in [0.2, 0.25) is 0 Å². The maximum atomic E-state index is 13.7. The molecule has 1 fully saturated rings. The van der Waals surface area contributed by atoms with E-state index in [4.69, 9.17) is 5.11 Å². The first-order valence-corrected chi connectivity index (χ1v) is 9.00. The molecule has 0 amide bonds. The highest BCUT2D eigenvalue weighted by molar-refractivity contribution is 5.70. The Kier molecular flexibility index (Phi) is 5.99. The van der Waals surface area contributed by atoms with Gasteiger partial charge in [-0.1, -0.05) is 24.3 Å². The highest BCUT2D eigenvalue weighted by Crippen LogP contribution is 2.28. The van der Waals surface area contributed by atoms with Gasteiger partial charge in [0.1, 0.15) is 11.6 Å². The summed E-state index contributed by atoms with van der Waals surface area (Å²) in [6, 6.07) is 12.9. The molecule has 138 valence electrons. The molecule has 3 nitrogen and oxygen atoms in total. The van der Waals surface area contributed by atoms with Crippen LogP contribution in [0.5, 0.6) is 0 Å². The second-order valence-electron chi connectivity index (χ2n) is 7.00. The molecule has 0 spiro atoms. The molecule has 0 aliphatic heterocycles. The maximum absolute atomic E-state index is 13.7. The van der Waals surface area contributed by atoms with E-state index in [1.165, 1.54) is 24.3 Å². The first-order valence-electron chi connectivity index (χ1n) is 9.00. The van der Waals surface area contributed by atoms with Crippen LogP contribution in [-0.2, 0) is 11.2 Å². The van der Waals surface area contributed by atoms with Crippen LogP contribution in [0.2, 0.25) is 0 Å². The minimum Gasteiger partial charge on any atom is -0.481 e. The number of rotatable bonds is 6. The standard InChI is InChI=1S/C21H23F2NO2/c22-17-5-1-3-14(11-17)12-20(16-4-2-6-18(23)13-16)24-19-9-7-15(8-10-19)21(25)26/h1-6,11,13,15,19-20,24H,7-10,12H2,(H,25,26). The van der Waals surface area contributed by atoms with Crippen LogP contribution in [0.3, 0.4) is 0 Å². The zero-order valence-corrected chi connectivity index (χ0v) is 14.5. The van der Waals surface area contributed by atoms with E-state index in [1.54, 1.807) is 12.1 Å². The highest BCUT2D eigenvalue weighted by Gasteiger charge is 2.27. The van der Waals surface area contributed by atoms with Gasteiger partial charge in [-0.15, -0.1) is 0 Å². The van der Waals surface area contributed by atoms with Crippen molar-refractivity contribution in [2.45, 2.75) is 44.2 Å². The maximum Gasteiger partial charge on any atom is 0.306 e. The van der Waals surface area contributed by atoms with Crippen LogP contribution in [0, 0.1) is 17.6 Å². The topological polar surface area (TPSA) is 49.3 Å². The van der Waals surface area contributed by atoms with E-state index in [0.29, 0.717) is 19.3 Å². The highest BCUT2D eigenvalue weighted by atomic mass is 19.1. The second kappa shape index (κ2) is 8.41. The van der Waals surface area contributed by atoms with Crippen LogP contribution >= 0.6 is 0 Å². The Morgan fingerprint density at radius 1 is 1.04 bits per heavy atom. The van der Waals surface area contributed by atoms with E-state index < -0.39 is 5.97 Å². The molecule has 0 bridgehead atoms. The van der Waals surface area contributed by atoms with Gasteiger partial charge in [-0.05, 0) is 67.5 Å². The summed E-state index contributed by atoms with van der Waals surface area (Å²) in [6.45, 7) is 0. The van der Waals surface area contributed by atoms with Crippen molar-refractivity contribution in [3.05, 3.63) is 71.3 Å². The van der Waals surface area contributed by atoms with Crippen LogP contribution < -0.4 is 5.32 Å². The molecular formula is C21H23F2NO2. The van der Waals surface area contributed by atoms with Crippen LogP contribution in [0.1, 0.15) is 42.9 Å². The third kappa shape index (κ3) is 4.88. The predicted molar refractivity (Wildman–Crippen MR) is 95.8 cm³/mol. The zero-order valence-electron chi connectivity index (χ0n) is 14.5. The average molecular weight is 359 g/mol. The van der Waals surface area contributed by atoms with Gasteiger partial charge < -0.3 is 10.4 Å². The van der Waals surface area contributed by atoms with E-state index in [1.807, 2.05) is 12.1 Å². The predicted octanol–water partition coefficient (Wildman–Crippen LogP) is 4.48. The molecule has 2 aromatic carbocycles. The van der Waals surface area contributed by atoms with Crippen molar-refractivity contribution in [2.75, 3.05) is 0 Å². The quantitative estimate of drug-likeness (QED) is 0.799. The first-order chi connectivity index (χ1) is 12.5. The van der Waals surface area contributed by atoms with Crippen LogP contribution in [0.15, 0.2) is 48.5 Å². The fourth-order valence-electron chi connectivity index (χ4n) is 3.69. The van der Waals surface area contributed by atoms with Crippen molar-refractivity contribution in [3.63, 3.8) is 0 Å². The van der Waals surface area contributed by atoms with Gasteiger partial charge in [0.05, 0.1) is 5.92 Å². The average Bonchev–Trinajstić information content (AvgIpc) is 2.62. The summed E-state index contributed by atoms with van der Waals surface area (Å²) in [5.74, 6) is -1.60. The second-order valence-corrected chi connectivity index (χ2v) is 7.00. The lowest BCUT2D eigenvalue weighted by Crippen LogP contribution is -2.38. The molecule has 1 aliphatic rings. The number of nitrogens with one attached hydrogen (secondary N) is 1. The van der Waals surface area contributed by atoms with Gasteiger partial charge in [-0.25, -0.2) is 8.78 Å². The number of aliphatic carboxylic acids is 1. The summed E-state index contributed by atoms with van der Waals surface area (Å²) >= 11 is 0. The smallest absolute Gasteiger partial charge is 0.306 e. The SMILES string of the molecule is O=C(O)C1CCC(NC(Cc2cccc(F)c2)c2cccc(F)c2)CC1. The first kappa shape index (κ1) is 18.5. The molecule has 1 aliphatic carbocycles.